The molecule has 1 aliphatic carbocycles. The lowest BCUT2D eigenvalue weighted by Gasteiger charge is -2.28. The molecule has 0 aromatic rings. The second-order valence-corrected chi connectivity index (χ2v) is 4.14. The molecule has 0 aromatic heterocycles. The minimum atomic E-state index is 0.251. The van der Waals surface area contributed by atoms with Crippen LogP contribution in [0.2, 0.25) is 0 Å². The molecule has 0 bridgehead atoms. The maximum Gasteiger partial charge on any atom is 0.0725 e. The monoisotopic (exact) mass is 201 g/mol. The third-order valence-corrected chi connectivity index (χ3v) is 2.89. The van der Waals surface area contributed by atoms with Gasteiger partial charge in [0.2, 0.25) is 0 Å². The summed E-state index contributed by atoms with van der Waals surface area (Å²) in [6.45, 7) is 1.10. The predicted molar refractivity (Wildman–Crippen MR) is 57.1 cm³/mol. The van der Waals surface area contributed by atoms with Crippen LogP contribution in [0, 0.1) is 0 Å². The van der Waals surface area contributed by atoms with Gasteiger partial charge in [-0.1, -0.05) is 12.8 Å². The van der Waals surface area contributed by atoms with Crippen LogP contribution in [0.25, 0.3) is 0 Å². The minimum absolute atomic E-state index is 0.251. The van der Waals surface area contributed by atoms with Gasteiger partial charge in [-0.2, -0.15) is 0 Å². The molecule has 1 fully saturated rings. The van der Waals surface area contributed by atoms with Gasteiger partial charge in [0.05, 0.1) is 6.10 Å². The van der Waals surface area contributed by atoms with Gasteiger partial charge in [0.15, 0.2) is 0 Å². The van der Waals surface area contributed by atoms with Crippen molar-refractivity contribution in [3.63, 3.8) is 0 Å². The molecule has 0 aliphatic heterocycles. The maximum absolute atomic E-state index is 8.60. The van der Waals surface area contributed by atoms with Gasteiger partial charge in [0.25, 0.3) is 0 Å². The molecule has 1 aliphatic rings. The SMILES string of the molecule is NC1CCCCC1OCCCCCO. The lowest BCUT2D eigenvalue weighted by molar-refractivity contribution is 0.0129. The highest BCUT2D eigenvalue weighted by Crippen LogP contribution is 2.19. The third kappa shape index (κ3) is 4.40. The van der Waals surface area contributed by atoms with E-state index >= 15 is 0 Å². The third-order valence-electron chi connectivity index (χ3n) is 2.89. The summed E-state index contributed by atoms with van der Waals surface area (Å²) in [4.78, 5) is 0. The van der Waals surface area contributed by atoms with E-state index in [2.05, 4.69) is 0 Å². The Morgan fingerprint density at radius 2 is 1.93 bits per heavy atom. The van der Waals surface area contributed by atoms with Crippen LogP contribution in [-0.4, -0.2) is 30.5 Å². The fraction of sp³-hybridized carbons (Fsp3) is 1.00. The van der Waals surface area contributed by atoms with Crippen molar-refractivity contribution in [1.82, 2.24) is 0 Å². The smallest absolute Gasteiger partial charge is 0.0725 e. The van der Waals surface area contributed by atoms with E-state index in [0.717, 1.165) is 38.7 Å². The number of hydrogen-bond donors (Lipinski definition) is 2. The largest absolute Gasteiger partial charge is 0.396 e. The highest BCUT2D eigenvalue weighted by atomic mass is 16.5. The van der Waals surface area contributed by atoms with Crippen LogP contribution < -0.4 is 5.73 Å². The number of hydrogen-bond acceptors (Lipinski definition) is 3. The van der Waals surface area contributed by atoms with E-state index in [1.807, 2.05) is 0 Å². The summed E-state index contributed by atoms with van der Waals surface area (Å²) in [5.74, 6) is 0. The van der Waals surface area contributed by atoms with Gasteiger partial charge in [0, 0.05) is 19.3 Å². The van der Waals surface area contributed by atoms with Crippen LogP contribution >= 0.6 is 0 Å². The van der Waals surface area contributed by atoms with E-state index < -0.39 is 0 Å². The summed E-state index contributed by atoms with van der Waals surface area (Å²) >= 11 is 0. The average Bonchev–Trinajstić information content (AvgIpc) is 2.20. The summed E-state index contributed by atoms with van der Waals surface area (Å²) in [5.41, 5.74) is 5.95. The molecule has 14 heavy (non-hydrogen) atoms. The van der Waals surface area contributed by atoms with Crippen molar-refractivity contribution < 1.29 is 9.84 Å². The molecule has 3 nitrogen and oxygen atoms in total. The van der Waals surface area contributed by atoms with Gasteiger partial charge < -0.3 is 15.6 Å². The van der Waals surface area contributed by atoms with E-state index in [1.54, 1.807) is 0 Å². The molecule has 0 spiro atoms. The average molecular weight is 201 g/mol. The van der Waals surface area contributed by atoms with Crippen LogP contribution in [0.15, 0.2) is 0 Å². The van der Waals surface area contributed by atoms with E-state index in [0.29, 0.717) is 6.61 Å². The summed E-state index contributed by atoms with van der Waals surface area (Å²) in [6, 6.07) is 0.251. The Labute approximate surface area is 86.6 Å². The summed E-state index contributed by atoms with van der Waals surface area (Å²) < 4.78 is 5.74. The van der Waals surface area contributed by atoms with Crippen LogP contribution in [0.5, 0.6) is 0 Å². The Bertz CT molecular complexity index is 141. The Balaban J connectivity index is 1.99. The topological polar surface area (TPSA) is 55.5 Å². The Hall–Kier alpha value is -0.120. The van der Waals surface area contributed by atoms with Crippen molar-refractivity contribution in [3.8, 4) is 0 Å². The normalized spacial score (nSPS) is 27.9. The zero-order chi connectivity index (χ0) is 10.2. The first-order valence-electron chi connectivity index (χ1n) is 5.82. The molecular weight excluding hydrogens is 178 g/mol. The molecule has 84 valence electrons. The fourth-order valence-electron chi connectivity index (χ4n) is 1.96. The first kappa shape index (κ1) is 12.0. The van der Waals surface area contributed by atoms with Crippen LogP contribution in [-0.2, 0) is 4.74 Å². The van der Waals surface area contributed by atoms with Crippen molar-refractivity contribution in [3.05, 3.63) is 0 Å². The quantitative estimate of drug-likeness (QED) is 0.639. The first-order chi connectivity index (χ1) is 6.84. The maximum atomic E-state index is 8.60. The molecule has 2 atom stereocenters. The fourth-order valence-corrected chi connectivity index (χ4v) is 1.96. The summed E-state index contributed by atoms with van der Waals surface area (Å²) in [6.07, 6.45) is 8.03. The number of aliphatic hydroxyl groups excluding tert-OH is 1. The van der Waals surface area contributed by atoms with Gasteiger partial charge in [-0.05, 0) is 32.1 Å². The van der Waals surface area contributed by atoms with Gasteiger partial charge >= 0.3 is 0 Å². The number of unbranched alkanes of at least 4 members (excludes halogenated alkanes) is 2. The van der Waals surface area contributed by atoms with Crippen molar-refractivity contribution >= 4 is 0 Å². The van der Waals surface area contributed by atoms with Crippen molar-refractivity contribution in [2.45, 2.75) is 57.1 Å². The number of nitrogens with two attached hydrogens (primary N) is 1. The van der Waals surface area contributed by atoms with Gasteiger partial charge in [-0.3, -0.25) is 0 Å². The zero-order valence-corrected chi connectivity index (χ0v) is 8.95. The summed E-state index contributed by atoms with van der Waals surface area (Å²) in [7, 11) is 0. The predicted octanol–water partition coefficient (Wildman–Crippen LogP) is 1.44. The lowest BCUT2D eigenvalue weighted by Crippen LogP contribution is -2.39. The van der Waals surface area contributed by atoms with Crippen LogP contribution in [0.1, 0.15) is 44.9 Å². The second kappa shape index (κ2) is 7.21. The minimum Gasteiger partial charge on any atom is -0.396 e. The summed E-state index contributed by atoms with van der Waals surface area (Å²) in [5, 5.41) is 8.60. The molecule has 1 rings (SSSR count). The molecule has 1 saturated carbocycles. The highest BCUT2D eigenvalue weighted by molar-refractivity contribution is 4.78. The van der Waals surface area contributed by atoms with E-state index in [-0.39, 0.29) is 12.1 Å². The molecule has 0 amide bonds. The van der Waals surface area contributed by atoms with Crippen molar-refractivity contribution in [1.29, 1.82) is 0 Å². The first-order valence-corrected chi connectivity index (χ1v) is 5.82. The van der Waals surface area contributed by atoms with Gasteiger partial charge in [-0.25, -0.2) is 0 Å². The molecule has 0 aromatic carbocycles. The molecule has 3 heteroatoms. The second-order valence-electron chi connectivity index (χ2n) is 4.14. The molecule has 3 N–H and O–H groups in total. The number of ether oxygens (including phenoxy) is 1. The Morgan fingerprint density at radius 1 is 1.14 bits per heavy atom. The van der Waals surface area contributed by atoms with Gasteiger partial charge in [0.1, 0.15) is 0 Å². The number of rotatable bonds is 6. The Morgan fingerprint density at radius 3 is 2.64 bits per heavy atom. The van der Waals surface area contributed by atoms with E-state index in [1.165, 1.54) is 12.8 Å². The Kier molecular flexibility index (Phi) is 6.15. The highest BCUT2D eigenvalue weighted by Gasteiger charge is 2.21. The lowest BCUT2D eigenvalue weighted by atomic mass is 9.93. The van der Waals surface area contributed by atoms with Gasteiger partial charge in [-0.15, -0.1) is 0 Å². The molecule has 0 heterocycles. The molecule has 0 radical (unpaired) electrons. The number of aliphatic hydroxyl groups is 1. The molecular formula is C11H23NO2. The van der Waals surface area contributed by atoms with E-state index in [9.17, 15) is 0 Å². The van der Waals surface area contributed by atoms with Crippen molar-refractivity contribution in [2.75, 3.05) is 13.2 Å². The van der Waals surface area contributed by atoms with Crippen molar-refractivity contribution in [2.24, 2.45) is 5.73 Å². The standard InChI is InChI=1S/C11H23NO2/c12-10-6-2-3-7-11(10)14-9-5-1-4-8-13/h10-11,13H,1-9,12H2. The molecule has 2 unspecified atom stereocenters. The van der Waals surface area contributed by atoms with E-state index in [4.69, 9.17) is 15.6 Å². The van der Waals surface area contributed by atoms with Crippen LogP contribution in [0.4, 0.5) is 0 Å². The van der Waals surface area contributed by atoms with Crippen LogP contribution in [0.3, 0.4) is 0 Å². The zero-order valence-electron chi connectivity index (χ0n) is 8.95. The molecule has 0 saturated heterocycles.